The molecule has 3 aromatic rings. The van der Waals surface area contributed by atoms with Crippen LogP contribution in [0.25, 0.3) is 10.9 Å². The summed E-state index contributed by atoms with van der Waals surface area (Å²) in [5.74, 6) is -0.747. The predicted molar refractivity (Wildman–Crippen MR) is 99.3 cm³/mol. The molecule has 0 saturated carbocycles. The van der Waals surface area contributed by atoms with Crippen LogP contribution in [0.15, 0.2) is 30.3 Å². The summed E-state index contributed by atoms with van der Waals surface area (Å²) in [4.78, 5) is 8.76. The smallest absolute Gasteiger partial charge is 0.355 e. The van der Waals surface area contributed by atoms with Crippen molar-refractivity contribution in [2.45, 2.75) is 25.4 Å². The van der Waals surface area contributed by atoms with Gasteiger partial charge >= 0.3 is 6.18 Å². The molecular formula is C19H18ClF3N4. The summed E-state index contributed by atoms with van der Waals surface area (Å²) >= 11 is 5.78. The van der Waals surface area contributed by atoms with Crippen LogP contribution >= 0.6 is 11.6 Å². The minimum atomic E-state index is -4.62. The first-order chi connectivity index (χ1) is 12.8. The Morgan fingerprint density at radius 3 is 2.56 bits per heavy atom. The second kappa shape index (κ2) is 6.41. The highest BCUT2D eigenvalue weighted by molar-refractivity contribution is 6.29. The maximum Gasteiger partial charge on any atom is 0.451 e. The van der Waals surface area contributed by atoms with Crippen molar-refractivity contribution in [3.63, 3.8) is 0 Å². The Morgan fingerprint density at radius 2 is 1.89 bits per heavy atom. The zero-order valence-electron chi connectivity index (χ0n) is 14.9. The van der Waals surface area contributed by atoms with E-state index in [0.29, 0.717) is 13.1 Å². The molecule has 142 valence electrons. The van der Waals surface area contributed by atoms with Gasteiger partial charge in [0, 0.05) is 48.7 Å². The Kier molecular flexibility index (Phi) is 4.29. The SMILES string of the molecule is CCc1c(C2CN(c3cc(Cl)nc(C(F)(F)F)n3)C2)n(C)c2ccccc12. The van der Waals surface area contributed by atoms with Gasteiger partial charge in [-0.1, -0.05) is 36.7 Å². The van der Waals surface area contributed by atoms with E-state index in [0.717, 1.165) is 6.42 Å². The topological polar surface area (TPSA) is 34.0 Å². The van der Waals surface area contributed by atoms with Gasteiger partial charge in [0.1, 0.15) is 11.0 Å². The van der Waals surface area contributed by atoms with Gasteiger partial charge in [0.2, 0.25) is 5.82 Å². The summed E-state index contributed by atoms with van der Waals surface area (Å²) in [7, 11) is 2.04. The quantitative estimate of drug-likeness (QED) is 0.598. The van der Waals surface area contributed by atoms with Crippen molar-refractivity contribution >= 4 is 28.3 Å². The van der Waals surface area contributed by atoms with Crippen LogP contribution in [0.2, 0.25) is 5.15 Å². The lowest BCUT2D eigenvalue weighted by molar-refractivity contribution is -0.144. The molecule has 4 rings (SSSR count). The zero-order valence-corrected chi connectivity index (χ0v) is 15.6. The molecule has 0 atom stereocenters. The van der Waals surface area contributed by atoms with E-state index >= 15 is 0 Å². The van der Waals surface area contributed by atoms with E-state index < -0.39 is 12.0 Å². The van der Waals surface area contributed by atoms with Crippen LogP contribution < -0.4 is 4.90 Å². The fraction of sp³-hybridized carbons (Fsp3) is 0.368. The van der Waals surface area contributed by atoms with Crippen molar-refractivity contribution in [1.29, 1.82) is 0 Å². The van der Waals surface area contributed by atoms with E-state index in [-0.39, 0.29) is 16.9 Å². The number of benzene rings is 1. The number of hydrogen-bond donors (Lipinski definition) is 0. The predicted octanol–water partition coefficient (Wildman–Crippen LogP) is 4.81. The number of para-hydroxylation sites is 1. The largest absolute Gasteiger partial charge is 0.451 e. The molecule has 1 aromatic carbocycles. The van der Waals surface area contributed by atoms with Crippen LogP contribution in [-0.4, -0.2) is 27.6 Å². The third kappa shape index (κ3) is 3.04. The molecule has 0 spiro atoms. The lowest BCUT2D eigenvalue weighted by atomic mass is 9.91. The standard InChI is InChI=1S/C19H18ClF3N4/c1-3-12-13-6-4-5-7-14(13)26(2)17(12)11-9-27(10-11)16-8-15(20)24-18(25-16)19(21,22)23/h4-8,11H,3,9-10H2,1-2H3. The molecule has 0 unspecified atom stereocenters. The number of hydrogen-bond acceptors (Lipinski definition) is 3. The average Bonchev–Trinajstić information content (AvgIpc) is 2.85. The molecule has 2 aromatic heterocycles. The normalized spacial score (nSPS) is 15.4. The van der Waals surface area contributed by atoms with Gasteiger partial charge in [-0.05, 0) is 18.1 Å². The van der Waals surface area contributed by atoms with Crippen LogP contribution in [0.1, 0.15) is 29.9 Å². The van der Waals surface area contributed by atoms with Gasteiger partial charge in [0.15, 0.2) is 0 Å². The third-order valence-corrected chi connectivity index (χ3v) is 5.34. The molecule has 1 aliphatic heterocycles. The van der Waals surface area contributed by atoms with Crippen LogP contribution in [0, 0.1) is 0 Å². The molecular weight excluding hydrogens is 377 g/mol. The zero-order chi connectivity index (χ0) is 19.3. The molecule has 0 N–H and O–H groups in total. The molecule has 4 nitrogen and oxygen atoms in total. The summed E-state index contributed by atoms with van der Waals surface area (Å²) in [6.45, 7) is 3.32. The fourth-order valence-electron chi connectivity index (χ4n) is 3.92. The van der Waals surface area contributed by atoms with Crippen LogP contribution in [0.4, 0.5) is 19.0 Å². The minimum Gasteiger partial charge on any atom is -0.355 e. The Balaban J connectivity index is 1.63. The first-order valence-electron chi connectivity index (χ1n) is 8.72. The average molecular weight is 395 g/mol. The Hall–Kier alpha value is -2.28. The first kappa shape index (κ1) is 18.1. The van der Waals surface area contributed by atoms with Gasteiger partial charge < -0.3 is 9.47 Å². The van der Waals surface area contributed by atoms with Crippen molar-refractivity contribution in [2.24, 2.45) is 7.05 Å². The van der Waals surface area contributed by atoms with Crippen molar-refractivity contribution in [3.8, 4) is 0 Å². The number of aryl methyl sites for hydroxylation is 2. The molecule has 0 amide bonds. The highest BCUT2D eigenvalue weighted by Gasteiger charge is 2.38. The number of anilines is 1. The molecule has 1 saturated heterocycles. The summed E-state index contributed by atoms with van der Waals surface area (Å²) in [5.41, 5.74) is 3.72. The molecule has 8 heteroatoms. The lowest BCUT2D eigenvalue weighted by Crippen LogP contribution is -2.46. The molecule has 0 bridgehead atoms. The summed E-state index contributed by atoms with van der Waals surface area (Å²) in [6.07, 6.45) is -3.71. The maximum atomic E-state index is 12.9. The fourth-order valence-corrected chi connectivity index (χ4v) is 4.09. The van der Waals surface area contributed by atoms with E-state index in [2.05, 4.69) is 33.6 Å². The summed E-state index contributed by atoms with van der Waals surface area (Å²) < 4.78 is 41.0. The van der Waals surface area contributed by atoms with Gasteiger partial charge in [-0.25, -0.2) is 9.97 Å². The van der Waals surface area contributed by atoms with Crippen molar-refractivity contribution in [1.82, 2.24) is 14.5 Å². The van der Waals surface area contributed by atoms with Crippen molar-refractivity contribution < 1.29 is 13.2 Å². The summed E-state index contributed by atoms with van der Waals surface area (Å²) in [5, 5.41) is 1.04. The van der Waals surface area contributed by atoms with Crippen LogP contribution in [0.3, 0.4) is 0 Å². The highest BCUT2D eigenvalue weighted by Crippen LogP contribution is 2.38. The van der Waals surface area contributed by atoms with Gasteiger partial charge in [0.05, 0.1) is 0 Å². The van der Waals surface area contributed by atoms with Crippen molar-refractivity contribution in [2.75, 3.05) is 18.0 Å². The van der Waals surface area contributed by atoms with Gasteiger partial charge in [0.25, 0.3) is 0 Å². The number of rotatable bonds is 3. The maximum absolute atomic E-state index is 12.9. The number of aromatic nitrogens is 3. The van der Waals surface area contributed by atoms with Gasteiger partial charge in [-0.3, -0.25) is 0 Å². The van der Waals surface area contributed by atoms with Gasteiger partial charge in [-0.2, -0.15) is 13.2 Å². The monoisotopic (exact) mass is 394 g/mol. The van der Waals surface area contributed by atoms with Crippen LogP contribution in [-0.2, 0) is 19.6 Å². The molecule has 0 radical (unpaired) electrons. The minimum absolute atomic E-state index is 0.199. The second-order valence-electron chi connectivity index (χ2n) is 6.77. The molecule has 0 aliphatic carbocycles. The number of fused-ring (bicyclic) bond motifs is 1. The molecule has 3 heterocycles. The number of alkyl halides is 3. The molecule has 1 aliphatic rings. The van der Waals surface area contributed by atoms with Crippen molar-refractivity contribution in [3.05, 3.63) is 52.6 Å². The van der Waals surface area contributed by atoms with E-state index in [4.69, 9.17) is 11.6 Å². The number of halogens is 4. The Labute approximate surface area is 159 Å². The number of nitrogens with zero attached hydrogens (tertiary/aromatic N) is 4. The lowest BCUT2D eigenvalue weighted by Gasteiger charge is -2.41. The molecule has 27 heavy (non-hydrogen) atoms. The van der Waals surface area contributed by atoms with E-state index in [1.807, 2.05) is 24.1 Å². The first-order valence-corrected chi connectivity index (χ1v) is 9.10. The highest BCUT2D eigenvalue weighted by atomic mass is 35.5. The third-order valence-electron chi connectivity index (χ3n) is 5.14. The summed E-state index contributed by atoms with van der Waals surface area (Å²) in [6, 6.07) is 9.64. The second-order valence-corrected chi connectivity index (χ2v) is 7.15. The van der Waals surface area contributed by atoms with E-state index in [9.17, 15) is 13.2 Å². The van der Waals surface area contributed by atoms with E-state index in [1.165, 1.54) is 28.2 Å². The Bertz CT molecular complexity index is 1010. The molecule has 1 fully saturated rings. The van der Waals surface area contributed by atoms with E-state index in [1.54, 1.807) is 0 Å². The Morgan fingerprint density at radius 1 is 1.19 bits per heavy atom. The van der Waals surface area contributed by atoms with Crippen LogP contribution in [0.5, 0.6) is 0 Å². The van der Waals surface area contributed by atoms with Gasteiger partial charge in [-0.15, -0.1) is 0 Å².